The lowest BCUT2D eigenvalue weighted by Crippen LogP contribution is -2.39. The van der Waals surface area contributed by atoms with E-state index in [1.807, 2.05) is 19.1 Å². The molecule has 1 aliphatic rings. The van der Waals surface area contributed by atoms with Crippen molar-refractivity contribution in [3.63, 3.8) is 0 Å². The molecule has 2 aromatic rings. The van der Waals surface area contributed by atoms with E-state index in [1.165, 1.54) is 7.11 Å². The van der Waals surface area contributed by atoms with Gasteiger partial charge in [-0.3, -0.25) is 9.59 Å². The van der Waals surface area contributed by atoms with Crippen LogP contribution in [0.5, 0.6) is 23.0 Å². The predicted molar refractivity (Wildman–Crippen MR) is 120 cm³/mol. The Kier molecular flexibility index (Phi) is 8.19. The van der Waals surface area contributed by atoms with Gasteiger partial charge in [0.25, 0.3) is 11.8 Å². The highest BCUT2D eigenvalue weighted by atomic mass is 16.5. The summed E-state index contributed by atoms with van der Waals surface area (Å²) in [6.45, 7) is 4.56. The fraction of sp³-hybridized carbons (Fsp3) is 0.417. The van der Waals surface area contributed by atoms with Crippen molar-refractivity contribution < 1.29 is 28.5 Å². The summed E-state index contributed by atoms with van der Waals surface area (Å²) >= 11 is 0. The molecule has 2 aromatic carbocycles. The van der Waals surface area contributed by atoms with Crippen LogP contribution in [0.3, 0.4) is 0 Å². The second-order valence-corrected chi connectivity index (χ2v) is 7.29. The molecule has 0 aliphatic carbocycles. The molecular weight excluding hydrogens is 412 g/mol. The van der Waals surface area contributed by atoms with E-state index in [1.54, 1.807) is 47.2 Å². The molecule has 0 atom stereocenters. The Hall–Kier alpha value is -3.42. The second-order valence-electron chi connectivity index (χ2n) is 7.29. The van der Waals surface area contributed by atoms with Crippen molar-refractivity contribution in [3.05, 3.63) is 48.0 Å². The Labute approximate surface area is 188 Å². The third kappa shape index (κ3) is 5.84. The van der Waals surface area contributed by atoms with Crippen LogP contribution in [0.15, 0.2) is 42.5 Å². The summed E-state index contributed by atoms with van der Waals surface area (Å²) in [5.41, 5.74) is 0.529. The average molecular weight is 443 g/mol. The minimum atomic E-state index is -0.0979. The fourth-order valence-corrected chi connectivity index (χ4v) is 3.56. The molecule has 2 amide bonds. The summed E-state index contributed by atoms with van der Waals surface area (Å²) in [6.07, 6.45) is 0.702. The van der Waals surface area contributed by atoms with E-state index < -0.39 is 0 Å². The van der Waals surface area contributed by atoms with Crippen LogP contribution in [0.1, 0.15) is 23.7 Å². The number of amides is 2. The predicted octanol–water partition coefficient (Wildman–Crippen LogP) is 2.86. The van der Waals surface area contributed by atoms with Crippen molar-refractivity contribution in [2.45, 2.75) is 13.3 Å². The summed E-state index contributed by atoms with van der Waals surface area (Å²) in [4.78, 5) is 29.1. The van der Waals surface area contributed by atoms with Crippen LogP contribution in [-0.4, -0.2) is 75.2 Å². The van der Waals surface area contributed by atoms with Crippen molar-refractivity contribution in [1.82, 2.24) is 9.80 Å². The first-order valence-corrected chi connectivity index (χ1v) is 10.7. The minimum Gasteiger partial charge on any atom is -0.494 e. The van der Waals surface area contributed by atoms with Gasteiger partial charge in [-0.1, -0.05) is 0 Å². The quantitative estimate of drug-likeness (QED) is 0.626. The molecule has 0 saturated carbocycles. The number of ether oxygens (including phenoxy) is 4. The SMILES string of the molecule is CCOc1ccc(OCC(=O)N2CCCN(C(=O)c3ccc(OC)c(OC)c3)CC2)cc1. The number of rotatable bonds is 8. The Morgan fingerprint density at radius 2 is 1.44 bits per heavy atom. The van der Waals surface area contributed by atoms with Gasteiger partial charge >= 0.3 is 0 Å². The van der Waals surface area contributed by atoms with Gasteiger partial charge in [0.05, 0.1) is 20.8 Å². The molecule has 0 bridgehead atoms. The number of methoxy groups -OCH3 is 2. The standard InChI is InChI=1S/C24H30N2O6/c1-4-31-19-7-9-20(10-8-19)32-17-23(27)25-12-5-13-26(15-14-25)24(28)18-6-11-21(29-2)22(16-18)30-3/h6-11,16H,4-5,12-15,17H2,1-3H3. The first kappa shape index (κ1) is 23.2. The largest absolute Gasteiger partial charge is 0.494 e. The lowest BCUT2D eigenvalue weighted by Gasteiger charge is -2.22. The van der Waals surface area contributed by atoms with Gasteiger partial charge in [0.2, 0.25) is 0 Å². The Morgan fingerprint density at radius 1 is 0.812 bits per heavy atom. The molecule has 1 heterocycles. The van der Waals surface area contributed by atoms with Gasteiger partial charge in [0, 0.05) is 31.7 Å². The van der Waals surface area contributed by atoms with Gasteiger partial charge in [0.1, 0.15) is 11.5 Å². The van der Waals surface area contributed by atoms with Crippen LogP contribution < -0.4 is 18.9 Å². The van der Waals surface area contributed by atoms with Gasteiger partial charge in [-0.25, -0.2) is 0 Å². The first-order valence-electron chi connectivity index (χ1n) is 10.7. The normalized spacial score (nSPS) is 13.8. The molecule has 0 spiro atoms. The van der Waals surface area contributed by atoms with E-state index in [9.17, 15) is 9.59 Å². The highest BCUT2D eigenvalue weighted by molar-refractivity contribution is 5.95. The van der Waals surface area contributed by atoms with Crippen LogP contribution >= 0.6 is 0 Å². The molecule has 1 fully saturated rings. The van der Waals surface area contributed by atoms with Gasteiger partial charge in [-0.15, -0.1) is 0 Å². The second kappa shape index (κ2) is 11.3. The Bertz CT molecular complexity index is 915. The van der Waals surface area contributed by atoms with Crippen LogP contribution in [0, 0.1) is 0 Å². The molecule has 8 heteroatoms. The maximum Gasteiger partial charge on any atom is 0.260 e. The summed E-state index contributed by atoms with van der Waals surface area (Å²) in [6, 6.07) is 12.3. The molecule has 8 nitrogen and oxygen atoms in total. The van der Waals surface area contributed by atoms with E-state index in [-0.39, 0.29) is 18.4 Å². The van der Waals surface area contributed by atoms with E-state index in [0.717, 1.165) is 5.75 Å². The Morgan fingerprint density at radius 3 is 2.09 bits per heavy atom. The fourth-order valence-electron chi connectivity index (χ4n) is 3.56. The monoisotopic (exact) mass is 442 g/mol. The first-order chi connectivity index (χ1) is 15.5. The summed E-state index contributed by atoms with van der Waals surface area (Å²) in [5.74, 6) is 2.27. The summed E-state index contributed by atoms with van der Waals surface area (Å²) in [5, 5.41) is 0. The van der Waals surface area contributed by atoms with Gasteiger partial charge < -0.3 is 28.7 Å². The highest BCUT2D eigenvalue weighted by Gasteiger charge is 2.24. The van der Waals surface area contributed by atoms with Crippen LogP contribution in [0.25, 0.3) is 0 Å². The molecular formula is C24H30N2O6. The van der Waals surface area contributed by atoms with E-state index in [4.69, 9.17) is 18.9 Å². The number of carbonyl (C=O) groups is 2. The zero-order valence-electron chi connectivity index (χ0n) is 18.8. The van der Waals surface area contributed by atoms with Crippen molar-refractivity contribution in [3.8, 4) is 23.0 Å². The van der Waals surface area contributed by atoms with Crippen molar-refractivity contribution in [1.29, 1.82) is 0 Å². The number of carbonyl (C=O) groups excluding carboxylic acids is 2. The smallest absolute Gasteiger partial charge is 0.260 e. The van der Waals surface area contributed by atoms with Crippen LogP contribution in [-0.2, 0) is 4.79 Å². The zero-order chi connectivity index (χ0) is 22.9. The summed E-state index contributed by atoms with van der Waals surface area (Å²) in [7, 11) is 3.09. The third-order valence-electron chi connectivity index (χ3n) is 5.26. The molecule has 1 saturated heterocycles. The third-order valence-corrected chi connectivity index (χ3v) is 5.26. The number of nitrogens with zero attached hydrogens (tertiary/aromatic N) is 2. The lowest BCUT2D eigenvalue weighted by molar-refractivity contribution is -0.133. The van der Waals surface area contributed by atoms with Crippen molar-refractivity contribution in [2.75, 3.05) is 53.6 Å². The van der Waals surface area contributed by atoms with Crippen LogP contribution in [0.2, 0.25) is 0 Å². The number of hydrogen-bond acceptors (Lipinski definition) is 6. The molecule has 3 rings (SSSR count). The summed E-state index contributed by atoms with van der Waals surface area (Å²) < 4.78 is 21.6. The molecule has 0 unspecified atom stereocenters. The molecule has 32 heavy (non-hydrogen) atoms. The number of benzene rings is 2. The Balaban J connectivity index is 1.53. The van der Waals surface area contributed by atoms with E-state index >= 15 is 0 Å². The maximum atomic E-state index is 13.0. The zero-order valence-corrected chi connectivity index (χ0v) is 18.8. The van der Waals surface area contributed by atoms with Crippen molar-refractivity contribution in [2.24, 2.45) is 0 Å². The van der Waals surface area contributed by atoms with E-state index in [2.05, 4.69) is 0 Å². The minimum absolute atomic E-state index is 0.0440. The van der Waals surface area contributed by atoms with Gasteiger partial charge in [0.15, 0.2) is 18.1 Å². The van der Waals surface area contributed by atoms with Crippen LogP contribution in [0.4, 0.5) is 0 Å². The molecule has 0 N–H and O–H groups in total. The topological polar surface area (TPSA) is 77.5 Å². The lowest BCUT2D eigenvalue weighted by atomic mass is 10.1. The molecule has 1 aliphatic heterocycles. The number of hydrogen-bond donors (Lipinski definition) is 0. The van der Waals surface area contributed by atoms with Crippen molar-refractivity contribution >= 4 is 11.8 Å². The maximum absolute atomic E-state index is 13.0. The van der Waals surface area contributed by atoms with Gasteiger partial charge in [-0.2, -0.15) is 0 Å². The molecule has 172 valence electrons. The van der Waals surface area contributed by atoms with Gasteiger partial charge in [-0.05, 0) is 55.8 Å². The van der Waals surface area contributed by atoms with E-state index in [0.29, 0.717) is 62.0 Å². The highest BCUT2D eigenvalue weighted by Crippen LogP contribution is 2.28. The molecule has 0 aromatic heterocycles. The molecule has 0 radical (unpaired) electrons. The average Bonchev–Trinajstić information content (AvgIpc) is 3.09.